The molecule has 6 nitrogen and oxygen atoms in total. The highest BCUT2D eigenvalue weighted by atomic mass is 32.1. The molecule has 0 saturated heterocycles. The number of rotatable bonds is 4. The summed E-state index contributed by atoms with van der Waals surface area (Å²) in [6.45, 7) is 2.48. The van der Waals surface area contributed by atoms with Crippen LogP contribution in [0, 0.1) is 0 Å². The summed E-state index contributed by atoms with van der Waals surface area (Å²) >= 11 is 1.64. The molecule has 0 fully saturated rings. The first-order valence-corrected chi connectivity index (χ1v) is 9.94. The average molecular weight is 383 g/mol. The van der Waals surface area contributed by atoms with E-state index in [2.05, 4.69) is 5.32 Å². The van der Waals surface area contributed by atoms with E-state index in [1.165, 1.54) is 24.0 Å². The first kappa shape index (κ1) is 17.7. The summed E-state index contributed by atoms with van der Waals surface area (Å²) in [4.78, 5) is 31.6. The molecule has 0 aliphatic heterocycles. The molecule has 1 aliphatic rings. The van der Waals surface area contributed by atoms with Crippen LogP contribution < -0.4 is 10.9 Å². The van der Waals surface area contributed by atoms with E-state index >= 15 is 0 Å². The van der Waals surface area contributed by atoms with Crippen LogP contribution >= 0.6 is 11.3 Å². The molecule has 2 aromatic heterocycles. The van der Waals surface area contributed by atoms with Gasteiger partial charge in [0.05, 0.1) is 18.1 Å². The van der Waals surface area contributed by atoms with Crippen molar-refractivity contribution in [1.29, 1.82) is 0 Å². The van der Waals surface area contributed by atoms with Gasteiger partial charge in [-0.05, 0) is 62.4 Å². The number of benzene rings is 1. The second-order valence-corrected chi connectivity index (χ2v) is 7.65. The number of fused-ring (bicyclic) bond motifs is 3. The molecule has 1 aliphatic carbocycles. The summed E-state index contributed by atoms with van der Waals surface area (Å²) in [5.41, 5.74) is 2.47. The first-order valence-electron chi connectivity index (χ1n) is 9.13. The zero-order valence-corrected chi connectivity index (χ0v) is 16.2. The van der Waals surface area contributed by atoms with Crippen LogP contribution in [0.15, 0.2) is 29.1 Å². The molecule has 7 heteroatoms. The molecule has 0 amide bonds. The van der Waals surface area contributed by atoms with Crippen LogP contribution in [0.2, 0.25) is 0 Å². The van der Waals surface area contributed by atoms with Crippen molar-refractivity contribution in [3.05, 3.63) is 50.6 Å². The number of hydrogen-bond acceptors (Lipinski definition) is 6. The third-order valence-corrected chi connectivity index (χ3v) is 6.14. The Bertz CT molecular complexity index is 1070. The van der Waals surface area contributed by atoms with Crippen LogP contribution in [0.1, 0.15) is 40.6 Å². The Morgan fingerprint density at radius 1 is 1.26 bits per heavy atom. The molecule has 4 rings (SSSR count). The van der Waals surface area contributed by atoms with Crippen molar-refractivity contribution in [2.45, 2.75) is 39.2 Å². The Balaban J connectivity index is 1.75. The highest BCUT2D eigenvalue weighted by Crippen LogP contribution is 2.34. The van der Waals surface area contributed by atoms with E-state index in [4.69, 9.17) is 9.72 Å². The van der Waals surface area contributed by atoms with Crippen LogP contribution in [-0.2, 0) is 24.1 Å². The minimum atomic E-state index is -0.379. The van der Waals surface area contributed by atoms with Crippen molar-refractivity contribution >= 4 is 39.2 Å². The molecule has 0 saturated carbocycles. The molecule has 1 N–H and O–H groups in total. The monoisotopic (exact) mass is 383 g/mol. The SMILES string of the molecule is CCn1c(Nc2ccc(C(=O)OC)cc2)nc2sc3c(c2c1=O)CCCC3. The zero-order valence-electron chi connectivity index (χ0n) is 15.4. The van der Waals surface area contributed by atoms with Crippen molar-refractivity contribution < 1.29 is 9.53 Å². The van der Waals surface area contributed by atoms with E-state index < -0.39 is 0 Å². The van der Waals surface area contributed by atoms with Gasteiger partial charge < -0.3 is 10.1 Å². The molecule has 0 bridgehead atoms. The second-order valence-electron chi connectivity index (χ2n) is 6.57. The molecule has 3 aromatic rings. The highest BCUT2D eigenvalue weighted by molar-refractivity contribution is 7.18. The molecule has 27 heavy (non-hydrogen) atoms. The summed E-state index contributed by atoms with van der Waals surface area (Å²) in [5.74, 6) is 0.148. The number of carbonyl (C=O) groups excluding carboxylic acids is 1. The fourth-order valence-corrected chi connectivity index (χ4v) is 4.82. The van der Waals surface area contributed by atoms with Gasteiger partial charge in [0.1, 0.15) is 4.83 Å². The lowest BCUT2D eigenvalue weighted by Crippen LogP contribution is -2.23. The summed E-state index contributed by atoms with van der Waals surface area (Å²) in [6.07, 6.45) is 4.33. The fourth-order valence-electron chi connectivity index (χ4n) is 3.56. The minimum Gasteiger partial charge on any atom is -0.465 e. The van der Waals surface area contributed by atoms with E-state index in [-0.39, 0.29) is 11.5 Å². The molecule has 1 aromatic carbocycles. The Hall–Kier alpha value is -2.67. The third kappa shape index (κ3) is 3.12. The van der Waals surface area contributed by atoms with Gasteiger partial charge in [-0.25, -0.2) is 9.78 Å². The molecule has 140 valence electrons. The van der Waals surface area contributed by atoms with Crippen LogP contribution in [0.3, 0.4) is 0 Å². The van der Waals surface area contributed by atoms with E-state index in [1.54, 1.807) is 40.2 Å². The quantitative estimate of drug-likeness (QED) is 0.692. The lowest BCUT2D eigenvalue weighted by Gasteiger charge is -2.13. The van der Waals surface area contributed by atoms with Crippen LogP contribution in [0.5, 0.6) is 0 Å². The van der Waals surface area contributed by atoms with E-state index in [9.17, 15) is 9.59 Å². The van der Waals surface area contributed by atoms with Gasteiger partial charge in [-0.1, -0.05) is 0 Å². The number of aryl methyl sites for hydroxylation is 2. The normalized spacial score (nSPS) is 13.4. The van der Waals surface area contributed by atoms with Crippen LogP contribution in [-0.4, -0.2) is 22.6 Å². The molecule has 0 unspecified atom stereocenters. The predicted octanol–water partition coefficient (Wildman–Crippen LogP) is 3.89. The van der Waals surface area contributed by atoms with Gasteiger partial charge in [0.2, 0.25) is 5.95 Å². The predicted molar refractivity (Wildman–Crippen MR) is 107 cm³/mol. The van der Waals surface area contributed by atoms with Crippen LogP contribution in [0.25, 0.3) is 10.2 Å². The summed E-state index contributed by atoms with van der Waals surface area (Å²) in [5, 5.41) is 4.02. The number of ether oxygens (including phenoxy) is 1. The largest absolute Gasteiger partial charge is 0.465 e. The van der Waals surface area contributed by atoms with Crippen molar-refractivity contribution in [2.75, 3.05) is 12.4 Å². The van der Waals surface area contributed by atoms with Gasteiger partial charge in [-0.2, -0.15) is 0 Å². The number of thiophene rings is 1. The molecular weight excluding hydrogens is 362 g/mol. The van der Waals surface area contributed by atoms with E-state index in [0.717, 1.165) is 35.2 Å². The van der Waals surface area contributed by atoms with Gasteiger partial charge >= 0.3 is 5.97 Å². The number of esters is 1. The number of carbonyl (C=O) groups is 1. The zero-order chi connectivity index (χ0) is 19.0. The summed E-state index contributed by atoms with van der Waals surface area (Å²) in [7, 11) is 1.36. The number of nitrogens with one attached hydrogen (secondary N) is 1. The van der Waals surface area contributed by atoms with Crippen molar-refractivity contribution in [3.8, 4) is 0 Å². The molecule has 0 spiro atoms. The molecule has 0 atom stereocenters. The lowest BCUT2D eigenvalue weighted by atomic mass is 9.97. The van der Waals surface area contributed by atoms with Gasteiger partial charge in [0.15, 0.2) is 0 Å². The van der Waals surface area contributed by atoms with Crippen LogP contribution in [0.4, 0.5) is 11.6 Å². The highest BCUT2D eigenvalue weighted by Gasteiger charge is 2.21. The van der Waals surface area contributed by atoms with Crippen molar-refractivity contribution in [1.82, 2.24) is 9.55 Å². The topological polar surface area (TPSA) is 73.2 Å². The maximum absolute atomic E-state index is 13.1. The summed E-state index contributed by atoms with van der Waals surface area (Å²) in [6, 6.07) is 6.93. The van der Waals surface area contributed by atoms with Gasteiger partial charge in [0, 0.05) is 17.1 Å². The maximum Gasteiger partial charge on any atom is 0.337 e. The number of nitrogens with zero attached hydrogens (tertiary/aromatic N) is 2. The summed E-state index contributed by atoms with van der Waals surface area (Å²) < 4.78 is 6.40. The Morgan fingerprint density at radius 2 is 2.00 bits per heavy atom. The van der Waals surface area contributed by atoms with E-state index in [0.29, 0.717) is 18.1 Å². The number of aromatic nitrogens is 2. The third-order valence-electron chi connectivity index (χ3n) is 4.95. The Kier molecular flexibility index (Phi) is 4.70. The number of hydrogen-bond donors (Lipinski definition) is 1. The lowest BCUT2D eigenvalue weighted by molar-refractivity contribution is 0.0601. The van der Waals surface area contributed by atoms with Crippen molar-refractivity contribution in [2.24, 2.45) is 0 Å². The maximum atomic E-state index is 13.1. The van der Waals surface area contributed by atoms with E-state index in [1.807, 2.05) is 6.92 Å². The number of anilines is 2. The van der Waals surface area contributed by atoms with Gasteiger partial charge in [0.25, 0.3) is 5.56 Å². The molecule has 0 radical (unpaired) electrons. The standard InChI is InChI=1S/C20H21N3O3S/c1-3-23-18(24)16-14-6-4-5-7-15(14)27-17(16)22-20(23)21-13-10-8-12(9-11-13)19(25)26-2/h8-11H,3-7H2,1-2H3,(H,21,22). The smallest absolute Gasteiger partial charge is 0.337 e. The average Bonchev–Trinajstić information content (AvgIpc) is 3.06. The minimum absolute atomic E-state index is 0.0237. The van der Waals surface area contributed by atoms with Crippen molar-refractivity contribution in [3.63, 3.8) is 0 Å². The second kappa shape index (κ2) is 7.15. The number of methoxy groups -OCH3 is 1. The molecular formula is C20H21N3O3S. The Morgan fingerprint density at radius 3 is 2.70 bits per heavy atom. The molecule has 2 heterocycles. The van der Waals surface area contributed by atoms with Gasteiger partial charge in [-0.15, -0.1) is 11.3 Å². The fraction of sp³-hybridized carbons (Fsp3) is 0.350. The first-order chi connectivity index (χ1) is 13.1. The Labute approximate surface area is 160 Å². The van der Waals surface area contributed by atoms with Gasteiger partial charge in [-0.3, -0.25) is 9.36 Å².